The molecule has 1 saturated heterocycles. The van der Waals surface area contributed by atoms with Gasteiger partial charge in [-0.25, -0.2) is 0 Å². The molecular formula is C25H31N2O4P. The second-order valence-electron chi connectivity index (χ2n) is 8.89. The fourth-order valence-corrected chi connectivity index (χ4v) is 5.53. The van der Waals surface area contributed by atoms with Crippen molar-refractivity contribution in [3.63, 3.8) is 0 Å². The third-order valence-corrected chi connectivity index (χ3v) is 7.34. The van der Waals surface area contributed by atoms with E-state index in [9.17, 15) is 10.4 Å². The Balaban J connectivity index is 1.41. The number of aryl methyl sites for hydroxylation is 1. The van der Waals surface area contributed by atoms with Crippen molar-refractivity contribution in [2.75, 3.05) is 11.4 Å². The molecule has 1 heterocycles. The first-order chi connectivity index (χ1) is 15.5. The topological polar surface area (TPSA) is 97.0 Å². The lowest BCUT2D eigenvalue weighted by molar-refractivity contribution is 0.111. The Hall–Kier alpha value is -2.16. The van der Waals surface area contributed by atoms with Crippen LogP contribution >= 0.6 is 8.60 Å². The van der Waals surface area contributed by atoms with Crippen molar-refractivity contribution in [3.8, 4) is 11.8 Å². The lowest BCUT2D eigenvalue weighted by Crippen LogP contribution is -2.33. The quantitative estimate of drug-likeness (QED) is 0.494. The SMILES string of the molecule is N#CC1CCN(c2ccc(C(O)C3CCCC3)cc2)C1CCc1ccc(OP(O)O)cc1. The predicted octanol–water partition coefficient (Wildman–Crippen LogP) is 4.85. The second-order valence-corrected chi connectivity index (χ2v) is 9.58. The van der Waals surface area contributed by atoms with Gasteiger partial charge in [-0.1, -0.05) is 37.1 Å². The molecule has 3 N–H and O–H groups in total. The summed E-state index contributed by atoms with van der Waals surface area (Å²) in [7, 11) is -2.41. The van der Waals surface area contributed by atoms with E-state index in [1.807, 2.05) is 24.3 Å². The van der Waals surface area contributed by atoms with Crippen LogP contribution in [0.2, 0.25) is 0 Å². The summed E-state index contributed by atoms with van der Waals surface area (Å²) in [6.07, 6.45) is 6.80. The maximum atomic E-state index is 10.7. The number of hydrogen-bond donors (Lipinski definition) is 3. The molecule has 0 amide bonds. The monoisotopic (exact) mass is 454 g/mol. The van der Waals surface area contributed by atoms with Gasteiger partial charge in [0.15, 0.2) is 0 Å². The van der Waals surface area contributed by atoms with Gasteiger partial charge in [0.05, 0.1) is 18.1 Å². The van der Waals surface area contributed by atoms with Crippen LogP contribution in [0.5, 0.6) is 5.75 Å². The van der Waals surface area contributed by atoms with Crippen molar-refractivity contribution < 1.29 is 19.4 Å². The van der Waals surface area contributed by atoms with Gasteiger partial charge in [-0.15, -0.1) is 0 Å². The van der Waals surface area contributed by atoms with Gasteiger partial charge in [-0.3, -0.25) is 0 Å². The molecule has 6 nitrogen and oxygen atoms in total. The van der Waals surface area contributed by atoms with Crippen molar-refractivity contribution in [3.05, 3.63) is 59.7 Å². The molecule has 1 aliphatic heterocycles. The number of anilines is 1. The van der Waals surface area contributed by atoms with Crippen molar-refractivity contribution in [2.45, 2.75) is 57.1 Å². The minimum atomic E-state index is -2.41. The van der Waals surface area contributed by atoms with Crippen LogP contribution in [0.25, 0.3) is 0 Å². The van der Waals surface area contributed by atoms with E-state index >= 15 is 0 Å². The van der Waals surface area contributed by atoms with Gasteiger partial charge in [0.1, 0.15) is 5.75 Å². The van der Waals surface area contributed by atoms with E-state index in [-0.39, 0.29) is 18.1 Å². The van der Waals surface area contributed by atoms with E-state index < -0.39 is 8.60 Å². The summed E-state index contributed by atoms with van der Waals surface area (Å²) in [6, 6.07) is 18.2. The highest BCUT2D eigenvalue weighted by Gasteiger charge is 2.34. The molecule has 3 unspecified atom stereocenters. The summed E-state index contributed by atoms with van der Waals surface area (Å²) in [5.41, 5.74) is 3.22. The zero-order chi connectivity index (χ0) is 22.5. The highest BCUT2D eigenvalue weighted by Crippen LogP contribution is 2.37. The Labute approximate surface area is 191 Å². The summed E-state index contributed by atoms with van der Waals surface area (Å²) in [6.45, 7) is 0.858. The summed E-state index contributed by atoms with van der Waals surface area (Å²) < 4.78 is 4.92. The second kappa shape index (κ2) is 10.6. The first-order valence-electron chi connectivity index (χ1n) is 11.4. The zero-order valence-corrected chi connectivity index (χ0v) is 19.1. The van der Waals surface area contributed by atoms with Crippen LogP contribution in [0, 0.1) is 23.2 Å². The van der Waals surface area contributed by atoms with Crippen molar-refractivity contribution in [1.29, 1.82) is 5.26 Å². The number of rotatable bonds is 8. The van der Waals surface area contributed by atoms with Crippen LogP contribution in [-0.2, 0) is 6.42 Å². The number of benzene rings is 2. The molecule has 0 aromatic heterocycles. The Morgan fingerprint density at radius 1 is 1.03 bits per heavy atom. The molecule has 2 aromatic rings. The fraction of sp³-hybridized carbons (Fsp3) is 0.480. The molecule has 0 radical (unpaired) electrons. The molecule has 1 saturated carbocycles. The van der Waals surface area contributed by atoms with Crippen molar-refractivity contribution >= 4 is 14.3 Å². The van der Waals surface area contributed by atoms with Gasteiger partial charge >= 0.3 is 8.60 Å². The fourth-order valence-electron chi connectivity index (χ4n) is 5.22. The summed E-state index contributed by atoms with van der Waals surface area (Å²) in [5, 5.41) is 20.4. The van der Waals surface area contributed by atoms with E-state index in [0.29, 0.717) is 11.7 Å². The molecule has 7 heteroatoms. The van der Waals surface area contributed by atoms with Crippen molar-refractivity contribution in [2.24, 2.45) is 11.8 Å². The first kappa shape index (κ1) is 23.0. The van der Waals surface area contributed by atoms with E-state index in [1.54, 1.807) is 12.1 Å². The predicted molar refractivity (Wildman–Crippen MR) is 125 cm³/mol. The normalized spacial score (nSPS) is 22.3. The minimum absolute atomic E-state index is 0.00583. The lowest BCUT2D eigenvalue weighted by atomic mass is 9.93. The van der Waals surface area contributed by atoms with Gasteiger partial charge in [0, 0.05) is 18.3 Å². The van der Waals surface area contributed by atoms with Gasteiger partial charge in [-0.05, 0) is 73.4 Å². The molecule has 32 heavy (non-hydrogen) atoms. The number of aliphatic hydroxyl groups is 1. The van der Waals surface area contributed by atoms with Crippen LogP contribution in [0.4, 0.5) is 5.69 Å². The van der Waals surface area contributed by atoms with Crippen LogP contribution in [0.3, 0.4) is 0 Å². The Morgan fingerprint density at radius 2 is 1.72 bits per heavy atom. The highest BCUT2D eigenvalue weighted by molar-refractivity contribution is 7.39. The Morgan fingerprint density at radius 3 is 2.34 bits per heavy atom. The average Bonchev–Trinajstić information content (AvgIpc) is 3.48. The average molecular weight is 455 g/mol. The summed E-state index contributed by atoms with van der Waals surface area (Å²) >= 11 is 0. The third-order valence-electron chi connectivity index (χ3n) is 6.96. The van der Waals surface area contributed by atoms with Crippen LogP contribution < -0.4 is 9.42 Å². The van der Waals surface area contributed by atoms with Crippen LogP contribution in [0.1, 0.15) is 55.8 Å². The summed E-state index contributed by atoms with van der Waals surface area (Å²) in [5.74, 6) is 0.803. The Bertz CT molecular complexity index is 907. The molecule has 2 fully saturated rings. The molecule has 170 valence electrons. The van der Waals surface area contributed by atoms with E-state index in [2.05, 4.69) is 23.1 Å². The maximum Gasteiger partial charge on any atom is 0.391 e. The third kappa shape index (κ3) is 5.42. The molecule has 3 atom stereocenters. The highest BCUT2D eigenvalue weighted by atomic mass is 31.2. The van der Waals surface area contributed by atoms with E-state index in [4.69, 9.17) is 14.3 Å². The van der Waals surface area contributed by atoms with Crippen LogP contribution in [0.15, 0.2) is 48.5 Å². The Kier molecular flexibility index (Phi) is 7.65. The number of aliphatic hydroxyl groups excluding tert-OH is 1. The molecule has 0 bridgehead atoms. The van der Waals surface area contributed by atoms with Crippen molar-refractivity contribution in [1.82, 2.24) is 0 Å². The van der Waals surface area contributed by atoms with Crippen LogP contribution in [-0.4, -0.2) is 27.5 Å². The minimum Gasteiger partial charge on any atom is -0.427 e. The van der Waals surface area contributed by atoms with E-state index in [1.165, 1.54) is 12.8 Å². The molecule has 2 aliphatic rings. The molecule has 4 rings (SSSR count). The largest absolute Gasteiger partial charge is 0.427 e. The summed E-state index contributed by atoms with van der Waals surface area (Å²) in [4.78, 5) is 20.3. The zero-order valence-electron chi connectivity index (χ0n) is 18.2. The number of hydrogen-bond acceptors (Lipinski definition) is 6. The van der Waals surface area contributed by atoms with Gasteiger partial charge in [0.2, 0.25) is 0 Å². The first-order valence-corrected chi connectivity index (χ1v) is 12.6. The van der Waals surface area contributed by atoms with Gasteiger partial charge in [-0.2, -0.15) is 5.26 Å². The lowest BCUT2D eigenvalue weighted by Gasteiger charge is -2.29. The molecular weight excluding hydrogens is 423 g/mol. The standard InChI is InChI=1S/C25H31N2O4P/c26-17-21-15-16-27(22-10-8-20(9-11-22)25(28)19-3-1-2-4-19)24(21)14-7-18-5-12-23(13-6-18)31-32(29)30/h5-6,8-13,19,21,24-25,28-30H,1-4,7,14-16H2. The molecule has 2 aromatic carbocycles. The van der Waals surface area contributed by atoms with Gasteiger partial charge < -0.3 is 24.3 Å². The maximum absolute atomic E-state index is 10.7. The molecule has 1 aliphatic carbocycles. The smallest absolute Gasteiger partial charge is 0.391 e. The molecule has 0 spiro atoms. The van der Waals surface area contributed by atoms with E-state index in [0.717, 1.165) is 55.5 Å². The number of nitriles is 1. The van der Waals surface area contributed by atoms with Gasteiger partial charge in [0.25, 0.3) is 0 Å². The number of nitrogens with zero attached hydrogens (tertiary/aromatic N) is 2.